The fourth-order valence-corrected chi connectivity index (χ4v) is 7.17. The van der Waals surface area contributed by atoms with Crippen LogP contribution in [0.4, 0.5) is 13.2 Å². The molecule has 1 amide bonds. The molecule has 0 aliphatic heterocycles. The van der Waals surface area contributed by atoms with E-state index in [0.717, 1.165) is 6.92 Å². The number of aliphatic hydroxyl groups is 4. The lowest BCUT2D eigenvalue weighted by molar-refractivity contribution is -0.194. The van der Waals surface area contributed by atoms with Crippen molar-refractivity contribution in [1.29, 1.82) is 0 Å². The standard InChI is InChI=1S/C30H34F3N5O7/c1-28(44)20(26(34)43)24(41)21(38(2)3)17-11-13-9-15-16(27-36-6-4-7-37-27)10-14(12-35-8-5-29(31,32)33)22(39)19(15)23(40)18(13)25(42)30(17,28)45/h4,6-7,10,13,17,21,35,39-41,44-45H,5,8-9,11-12H2,1-3H3,(H2,34,43)/t13-,17-,21-,28?,30-/m0/s1. The van der Waals surface area contributed by atoms with Crippen molar-refractivity contribution < 1.29 is 48.3 Å². The van der Waals surface area contributed by atoms with Gasteiger partial charge in [0.15, 0.2) is 17.2 Å². The summed E-state index contributed by atoms with van der Waals surface area (Å²) >= 11 is 0. The lowest BCUT2D eigenvalue weighted by Crippen LogP contribution is -2.73. The molecule has 5 atom stereocenters. The zero-order valence-electron chi connectivity index (χ0n) is 24.7. The number of Topliss-reactive ketones (excluding diaryl/α,β-unsaturated/α-hetero) is 1. The lowest BCUT2D eigenvalue weighted by atomic mass is 9.52. The number of halogens is 3. The molecule has 5 rings (SSSR count). The van der Waals surface area contributed by atoms with Crippen molar-refractivity contribution in [2.45, 2.75) is 56.2 Å². The van der Waals surface area contributed by atoms with Crippen LogP contribution in [-0.4, -0.2) is 96.2 Å². The number of aliphatic hydroxyl groups excluding tert-OH is 2. The smallest absolute Gasteiger partial charge is 0.390 e. The average molecular weight is 634 g/mol. The van der Waals surface area contributed by atoms with Gasteiger partial charge in [-0.05, 0) is 57.5 Å². The minimum absolute atomic E-state index is 0.0193. The number of fused-ring (bicyclic) bond motifs is 3. The van der Waals surface area contributed by atoms with Crippen LogP contribution in [0.3, 0.4) is 0 Å². The number of phenolic OH excluding ortho intramolecular Hbond substituents is 1. The molecule has 3 aliphatic rings. The van der Waals surface area contributed by atoms with Gasteiger partial charge in [0.1, 0.15) is 22.9 Å². The number of benzene rings is 1. The molecule has 12 nitrogen and oxygen atoms in total. The summed E-state index contributed by atoms with van der Waals surface area (Å²) in [6.45, 7) is 0.290. The minimum Gasteiger partial charge on any atom is -0.510 e. The van der Waals surface area contributed by atoms with Crippen LogP contribution >= 0.6 is 0 Å². The Balaban J connectivity index is 1.69. The molecule has 1 fully saturated rings. The normalized spacial score (nSPS) is 28.2. The van der Waals surface area contributed by atoms with Gasteiger partial charge in [-0.25, -0.2) is 9.97 Å². The molecule has 242 valence electrons. The van der Waals surface area contributed by atoms with Crippen molar-refractivity contribution in [2.75, 3.05) is 20.6 Å². The first-order valence-electron chi connectivity index (χ1n) is 14.2. The van der Waals surface area contributed by atoms with Gasteiger partial charge in [-0.3, -0.25) is 14.5 Å². The number of phenols is 1. The van der Waals surface area contributed by atoms with Gasteiger partial charge in [0.05, 0.1) is 23.6 Å². The van der Waals surface area contributed by atoms with E-state index in [1.165, 1.54) is 23.4 Å². The second kappa shape index (κ2) is 11.1. The highest BCUT2D eigenvalue weighted by Crippen LogP contribution is 2.56. The molecular formula is C30H34F3N5O7. The monoisotopic (exact) mass is 633 g/mol. The molecule has 0 bridgehead atoms. The molecule has 2 aromatic rings. The van der Waals surface area contributed by atoms with Gasteiger partial charge >= 0.3 is 6.18 Å². The number of nitrogens with zero attached hydrogens (tertiary/aromatic N) is 3. The quantitative estimate of drug-likeness (QED) is 0.219. The highest BCUT2D eigenvalue weighted by molar-refractivity contribution is 6.12. The van der Waals surface area contributed by atoms with Crippen LogP contribution in [0.1, 0.15) is 36.5 Å². The number of aromatic hydroxyl groups is 1. The molecule has 0 radical (unpaired) electrons. The number of nitrogens with two attached hydrogens (primary N) is 1. The third-order valence-corrected chi connectivity index (χ3v) is 9.16. The van der Waals surface area contributed by atoms with E-state index < -0.39 is 82.8 Å². The molecule has 0 saturated heterocycles. The Kier molecular flexibility index (Phi) is 7.97. The Morgan fingerprint density at radius 2 is 1.82 bits per heavy atom. The van der Waals surface area contributed by atoms with Crippen LogP contribution in [0.25, 0.3) is 17.1 Å². The number of hydrogen-bond donors (Lipinski definition) is 7. The molecule has 1 aromatic carbocycles. The molecule has 1 aromatic heterocycles. The van der Waals surface area contributed by atoms with Crippen LogP contribution in [0.15, 0.2) is 41.4 Å². The number of nitrogens with one attached hydrogen (secondary N) is 1. The SMILES string of the molecule is CN(C)[C@@H]1C(O)=C(C(N)=O)C(C)(O)[C@@]2(O)C(=O)C3=C(O)c4c(O)c(CNCCC(F)(F)F)cc(-c5ncccn5)c4C[C@H]3C[C@@H]12. The van der Waals surface area contributed by atoms with E-state index in [2.05, 4.69) is 15.3 Å². The van der Waals surface area contributed by atoms with Gasteiger partial charge in [0.25, 0.3) is 5.91 Å². The Hall–Kier alpha value is -4.05. The van der Waals surface area contributed by atoms with Gasteiger partial charge in [0, 0.05) is 48.1 Å². The fourth-order valence-electron chi connectivity index (χ4n) is 7.17. The van der Waals surface area contributed by atoms with Crippen molar-refractivity contribution in [1.82, 2.24) is 20.2 Å². The minimum atomic E-state index is -4.41. The zero-order valence-corrected chi connectivity index (χ0v) is 24.7. The number of ketones is 1. The van der Waals surface area contributed by atoms with Crippen molar-refractivity contribution in [2.24, 2.45) is 17.6 Å². The van der Waals surface area contributed by atoms with E-state index in [-0.39, 0.29) is 41.9 Å². The first kappa shape index (κ1) is 32.3. The summed E-state index contributed by atoms with van der Waals surface area (Å²) in [6.07, 6.45) is -2.64. The predicted octanol–water partition coefficient (Wildman–Crippen LogP) is 1.64. The first-order valence-corrected chi connectivity index (χ1v) is 14.2. The maximum absolute atomic E-state index is 14.3. The van der Waals surface area contributed by atoms with Gasteiger partial charge in [-0.15, -0.1) is 0 Å². The van der Waals surface area contributed by atoms with Crippen LogP contribution in [-0.2, 0) is 22.6 Å². The van der Waals surface area contributed by atoms with Crippen molar-refractivity contribution >= 4 is 17.4 Å². The number of carbonyl (C=O) groups is 2. The van der Waals surface area contributed by atoms with Crippen LogP contribution in [0, 0.1) is 11.8 Å². The summed E-state index contributed by atoms with van der Waals surface area (Å²) in [5.41, 5.74) is -0.389. The maximum atomic E-state index is 14.3. The number of alkyl halides is 3. The number of aromatic nitrogens is 2. The number of rotatable bonds is 7. The van der Waals surface area contributed by atoms with Gasteiger partial charge in [-0.2, -0.15) is 13.2 Å². The third kappa shape index (κ3) is 5.03. The van der Waals surface area contributed by atoms with Crippen LogP contribution < -0.4 is 11.1 Å². The van der Waals surface area contributed by atoms with Crippen molar-refractivity contribution in [3.05, 3.63) is 58.1 Å². The Labute approximate surface area is 255 Å². The van der Waals surface area contributed by atoms with E-state index >= 15 is 0 Å². The van der Waals surface area contributed by atoms with E-state index in [0.29, 0.717) is 11.1 Å². The molecule has 1 unspecified atom stereocenters. The highest BCUT2D eigenvalue weighted by atomic mass is 19.4. The largest absolute Gasteiger partial charge is 0.510 e. The topological polar surface area (TPSA) is 202 Å². The highest BCUT2D eigenvalue weighted by Gasteiger charge is 2.69. The number of amides is 1. The molecule has 8 N–H and O–H groups in total. The fraction of sp³-hybridized carbons (Fsp3) is 0.467. The van der Waals surface area contributed by atoms with Crippen molar-refractivity contribution in [3.8, 4) is 17.1 Å². The van der Waals surface area contributed by atoms with Gasteiger partial charge < -0.3 is 36.6 Å². The predicted molar refractivity (Wildman–Crippen MR) is 153 cm³/mol. The van der Waals surface area contributed by atoms with E-state index in [4.69, 9.17) is 5.73 Å². The maximum Gasteiger partial charge on any atom is 0.390 e. The van der Waals surface area contributed by atoms with Crippen molar-refractivity contribution in [3.63, 3.8) is 0 Å². The summed E-state index contributed by atoms with van der Waals surface area (Å²) in [5.74, 6) is -5.97. The summed E-state index contributed by atoms with van der Waals surface area (Å²) in [7, 11) is 3.10. The Morgan fingerprint density at radius 3 is 2.40 bits per heavy atom. The van der Waals surface area contributed by atoms with E-state index in [1.54, 1.807) is 20.2 Å². The Bertz CT molecular complexity index is 1620. The molecule has 1 saturated carbocycles. The van der Waals surface area contributed by atoms with Crippen LogP contribution in [0.5, 0.6) is 5.75 Å². The number of likely N-dealkylation sites (N-methyl/N-ethyl adjacent to an activating group) is 1. The number of hydrogen-bond acceptors (Lipinski definition) is 11. The summed E-state index contributed by atoms with van der Waals surface area (Å²) in [4.78, 5) is 36.8. The summed E-state index contributed by atoms with van der Waals surface area (Å²) in [5, 5.41) is 60.5. The Morgan fingerprint density at radius 1 is 1.18 bits per heavy atom. The molecule has 15 heteroatoms. The number of carbonyl (C=O) groups excluding carboxylic acids is 2. The van der Waals surface area contributed by atoms with Gasteiger partial charge in [0.2, 0.25) is 0 Å². The molecule has 0 spiro atoms. The summed E-state index contributed by atoms with van der Waals surface area (Å²) in [6, 6.07) is 1.95. The van der Waals surface area contributed by atoms with E-state index in [9.17, 15) is 48.3 Å². The second-order valence-electron chi connectivity index (χ2n) is 12.1. The second-order valence-corrected chi connectivity index (χ2v) is 12.1. The lowest BCUT2D eigenvalue weighted by Gasteiger charge is -2.56. The van der Waals surface area contributed by atoms with Gasteiger partial charge in [-0.1, -0.05) is 0 Å². The molecule has 45 heavy (non-hydrogen) atoms. The number of primary amides is 1. The zero-order chi connectivity index (χ0) is 33.2. The third-order valence-electron chi connectivity index (χ3n) is 9.16. The van der Waals surface area contributed by atoms with Crippen LogP contribution in [0.2, 0.25) is 0 Å². The molecular weight excluding hydrogens is 599 g/mol. The first-order chi connectivity index (χ1) is 20.9. The molecule has 3 aliphatic carbocycles. The summed E-state index contributed by atoms with van der Waals surface area (Å²) < 4.78 is 38.2. The van der Waals surface area contributed by atoms with E-state index in [1.807, 2.05) is 0 Å². The average Bonchev–Trinajstić information content (AvgIpc) is 2.93. The molecule has 1 heterocycles.